The minimum absolute atomic E-state index is 0.0817. The molecule has 9 nitrogen and oxygen atoms in total. The van der Waals surface area contributed by atoms with E-state index in [2.05, 4.69) is 0 Å². The van der Waals surface area contributed by atoms with Crippen LogP contribution in [-0.4, -0.2) is 60.8 Å². The van der Waals surface area contributed by atoms with Crippen molar-refractivity contribution in [1.29, 1.82) is 0 Å². The monoisotopic (exact) mass is 403 g/mol. The Hall–Kier alpha value is -2.75. The molecule has 1 saturated carbocycles. The SMILES string of the molecule is C[C@H]1c2cccc(O)c2C(=O)C2=C(O)[C@]3(O)C(=O)C(C(N)=O)C(O)C[C@@H]3[C@@H](O)[C@@H]21. The highest BCUT2D eigenvalue weighted by Gasteiger charge is 2.65. The molecular formula is C20H21NO8. The first-order valence-corrected chi connectivity index (χ1v) is 9.25. The minimum Gasteiger partial charge on any atom is -0.508 e. The van der Waals surface area contributed by atoms with Gasteiger partial charge in [0.15, 0.2) is 17.2 Å². The summed E-state index contributed by atoms with van der Waals surface area (Å²) < 4.78 is 0. The van der Waals surface area contributed by atoms with Crippen molar-refractivity contribution in [2.75, 3.05) is 0 Å². The molecule has 0 heterocycles. The van der Waals surface area contributed by atoms with E-state index in [1.54, 1.807) is 19.1 Å². The van der Waals surface area contributed by atoms with Gasteiger partial charge in [0.2, 0.25) is 5.91 Å². The molecular weight excluding hydrogens is 382 g/mol. The van der Waals surface area contributed by atoms with Gasteiger partial charge in [-0.2, -0.15) is 0 Å². The maximum Gasteiger partial charge on any atom is 0.230 e. The quantitative estimate of drug-likeness (QED) is 0.332. The first kappa shape index (κ1) is 19.6. The summed E-state index contributed by atoms with van der Waals surface area (Å²) in [4.78, 5) is 37.7. The highest BCUT2D eigenvalue weighted by atomic mass is 16.4. The standard InChI is InChI=1S/C20H21NO8/c1-6-7-3-2-4-9(22)12(7)16(25)14-11(6)15(24)8-5-10(23)13(19(21)28)17(26)20(8,29)18(14)27/h2-4,6,8,10-11,13,15,22-24,27,29H,5H2,1H3,(H2,21,28)/t6-,8+,10?,11+,13?,15+,20+/m0/s1. The van der Waals surface area contributed by atoms with Crippen molar-refractivity contribution in [2.45, 2.75) is 37.1 Å². The van der Waals surface area contributed by atoms with Gasteiger partial charge in [0.25, 0.3) is 0 Å². The van der Waals surface area contributed by atoms with Gasteiger partial charge < -0.3 is 31.3 Å². The summed E-state index contributed by atoms with van der Waals surface area (Å²) in [6.45, 7) is 1.68. The predicted octanol–water partition coefficient (Wildman–Crippen LogP) is -0.723. The van der Waals surface area contributed by atoms with E-state index in [1.165, 1.54) is 6.07 Å². The fourth-order valence-corrected chi connectivity index (χ4v) is 5.26. The van der Waals surface area contributed by atoms with E-state index in [0.717, 1.165) is 0 Å². The first-order chi connectivity index (χ1) is 13.5. The Bertz CT molecular complexity index is 985. The number of phenolic OH excluding ortho intramolecular Hbond substituents is 1. The Morgan fingerprint density at radius 1 is 1.21 bits per heavy atom. The fourth-order valence-electron chi connectivity index (χ4n) is 5.26. The van der Waals surface area contributed by atoms with Crippen molar-refractivity contribution in [3.8, 4) is 5.75 Å². The van der Waals surface area contributed by atoms with Crippen LogP contribution in [0.1, 0.15) is 35.2 Å². The molecule has 1 aromatic carbocycles. The number of phenols is 1. The molecule has 3 aliphatic carbocycles. The number of hydrogen-bond donors (Lipinski definition) is 6. The Morgan fingerprint density at radius 3 is 2.48 bits per heavy atom. The van der Waals surface area contributed by atoms with E-state index in [0.29, 0.717) is 5.56 Å². The summed E-state index contributed by atoms with van der Waals surface area (Å²) in [7, 11) is 0. The van der Waals surface area contributed by atoms with Crippen LogP contribution in [-0.2, 0) is 9.59 Å². The number of ketones is 2. The number of carbonyl (C=O) groups excluding carboxylic acids is 3. The van der Waals surface area contributed by atoms with Crippen LogP contribution in [0, 0.1) is 17.8 Å². The van der Waals surface area contributed by atoms with Crippen LogP contribution >= 0.6 is 0 Å². The van der Waals surface area contributed by atoms with Gasteiger partial charge in [-0.3, -0.25) is 14.4 Å². The van der Waals surface area contributed by atoms with E-state index >= 15 is 0 Å². The number of Topliss-reactive ketones (excluding diaryl/α,β-unsaturated/α-hetero) is 2. The largest absolute Gasteiger partial charge is 0.508 e. The van der Waals surface area contributed by atoms with Crippen molar-refractivity contribution in [3.63, 3.8) is 0 Å². The Morgan fingerprint density at radius 2 is 1.86 bits per heavy atom. The second-order valence-electron chi connectivity index (χ2n) is 8.06. The lowest BCUT2D eigenvalue weighted by atomic mass is 9.55. The molecule has 0 aliphatic heterocycles. The highest BCUT2D eigenvalue weighted by Crippen LogP contribution is 2.54. The zero-order valence-electron chi connectivity index (χ0n) is 15.4. The third-order valence-electron chi connectivity index (χ3n) is 6.69. The molecule has 0 radical (unpaired) electrons. The molecule has 3 aliphatic rings. The predicted molar refractivity (Wildman–Crippen MR) is 96.8 cm³/mol. The average molecular weight is 403 g/mol. The number of aromatic hydroxyl groups is 1. The first-order valence-electron chi connectivity index (χ1n) is 9.25. The number of carbonyl (C=O) groups is 3. The summed E-state index contributed by atoms with van der Waals surface area (Å²) in [5.74, 6) is -9.23. The van der Waals surface area contributed by atoms with Crippen molar-refractivity contribution in [2.24, 2.45) is 23.5 Å². The van der Waals surface area contributed by atoms with Gasteiger partial charge in [0.1, 0.15) is 17.4 Å². The van der Waals surface area contributed by atoms with Crippen molar-refractivity contribution in [3.05, 3.63) is 40.7 Å². The lowest BCUT2D eigenvalue weighted by Crippen LogP contribution is -2.67. The van der Waals surface area contributed by atoms with Gasteiger partial charge in [-0.05, 0) is 24.0 Å². The van der Waals surface area contributed by atoms with Crippen LogP contribution in [0.15, 0.2) is 29.5 Å². The number of benzene rings is 1. The van der Waals surface area contributed by atoms with Crippen molar-refractivity contribution >= 4 is 17.5 Å². The Kier molecular flexibility index (Phi) is 4.13. The summed E-state index contributed by atoms with van der Waals surface area (Å²) in [6, 6.07) is 4.45. The van der Waals surface area contributed by atoms with Crippen LogP contribution in [0.4, 0.5) is 0 Å². The second-order valence-corrected chi connectivity index (χ2v) is 8.06. The summed E-state index contributed by atoms with van der Waals surface area (Å²) in [5, 5.41) is 53.5. The zero-order chi connectivity index (χ0) is 21.4. The van der Waals surface area contributed by atoms with Crippen molar-refractivity contribution in [1.82, 2.24) is 0 Å². The summed E-state index contributed by atoms with van der Waals surface area (Å²) >= 11 is 0. The molecule has 1 amide bonds. The fraction of sp³-hybridized carbons (Fsp3) is 0.450. The molecule has 0 spiro atoms. The maximum atomic E-state index is 13.1. The molecule has 29 heavy (non-hydrogen) atoms. The molecule has 2 unspecified atom stereocenters. The highest BCUT2D eigenvalue weighted by molar-refractivity contribution is 6.15. The van der Waals surface area contributed by atoms with Gasteiger partial charge >= 0.3 is 0 Å². The average Bonchev–Trinajstić information content (AvgIpc) is 2.65. The number of hydrogen-bond acceptors (Lipinski definition) is 8. The number of primary amides is 1. The van der Waals surface area contributed by atoms with Gasteiger partial charge in [-0.15, -0.1) is 0 Å². The molecule has 7 N–H and O–H groups in total. The molecule has 154 valence electrons. The smallest absolute Gasteiger partial charge is 0.230 e. The lowest BCUT2D eigenvalue weighted by Gasteiger charge is -2.52. The van der Waals surface area contributed by atoms with E-state index < -0.39 is 64.7 Å². The van der Waals surface area contributed by atoms with Gasteiger partial charge in [0.05, 0.1) is 17.8 Å². The topological polar surface area (TPSA) is 178 Å². The van der Waals surface area contributed by atoms with E-state index in [1.807, 2.05) is 0 Å². The molecule has 1 aromatic rings. The van der Waals surface area contributed by atoms with Crippen molar-refractivity contribution < 1.29 is 39.9 Å². The molecule has 0 saturated heterocycles. The van der Waals surface area contributed by atoms with Gasteiger partial charge in [-0.25, -0.2) is 0 Å². The molecule has 0 aromatic heterocycles. The minimum atomic E-state index is -2.75. The summed E-state index contributed by atoms with van der Waals surface area (Å²) in [6.07, 6.45) is -3.40. The molecule has 4 rings (SSSR count). The van der Waals surface area contributed by atoms with Crippen LogP contribution < -0.4 is 5.73 Å². The third kappa shape index (κ3) is 2.29. The maximum absolute atomic E-state index is 13.1. The molecule has 7 atom stereocenters. The Balaban J connectivity index is 1.97. The number of aliphatic hydroxyl groups excluding tert-OH is 3. The van der Waals surface area contributed by atoms with Gasteiger partial charge in [0, 0.05) is 17.4 Å². The van der Waals surface area contributed by atoms with Crippen LogP contribution in [0.2, 0.25) is 0 Å². The van der Waals surface area contributed by atoms with E-state index in [9.17, 15) is 39.9 Å². The van der Waals surface area contributed by atoms with Crippen LogP contribution in [0.3, 0.4) is 0 Å². The number of amides is 1. The number of fused-ring (bicyclic) bond motifs is 3. The number of aliphatic hydroxyl groups is 4. The van der Waals surface area contributed by atoms with Gasteiger partial charge in [-0.1, -0.05) is 19.1 Å². The molecule has 9 heteroatoms. The third-order valence-corrected chi connectivity index (χ3v) is 6.69. The van der Waals surface area contributed by atoms with E-state index in [4.69, 9.17) is 5.73 Å². The lowest BCUT2D eigenvalue weighted by molar-refractivity contribution is -0.179. The normalized spacial score (nSPS) is 38.9. The molecule has 1 fully saturated rings. The van der Waals surface area contributed by atoms with Crippen LogP contribution in [0.25, 0.3) is 0 Å². The van der Waals surface area contributed by atoms with E-state index in [-0.39, 0.29) is 23.3 Å². The second kappa shape index (κ2) is 6.12. The summed E-state index contributed by atoms with van der Waals surface area (Å²) in [5.41, 5.74) is 2.43. The number of rotatable bonds is 1. The zero-order valence-corrected chi connectivity index (χ0v) is 15.4. The molecule has 0 bridgehead atoms. The van der Waals surface area contributed by atoms with Crippen LogP contribution in [0.5, 0.6) is 5.75 Å². The Labute approximate surface area is 165 Å². The number of nitrogens with two attached hydrogens (primary N) is 1.